The molecule has 0 amide bonds. The second-order valence-electron chi connectivity index (χ2n) is 2.74. The summed E-state index contributed by atoms with van der Waals surface area (Å²) >= 11 is 1.41. The summed E-state index contributed by atoms with van der Waals surface area (Å²) in [5, 5.41) is 3.50. The number of thiophene rings is 1. The summed E-state index contributed by atoms with van der Waals surface area (Å²) in [6.07, 6.45) is -1.79. The first-order valence-corrected chi connectivity index (χ1v) is 5.19. The van der Waals surface area contributed by atoms with E-state index in [4.69, 9.17) is 5.73 Å². The highest BCUT2D eigenvalue weighted by Crippen LogP contribution is 2.20. The van der Waals surface area contributed by atoms with Gasteiger partial charge in [-0.2, -0.15) is 11.3 Å². The topological polar surface area (TPSA) is 52.3 Å². The molecule has 1 heterocycles. The predicted octanol–water partition coefficient (Wildman–Crippen LogP) is 1.65. The molecule has 0 spiro atoms. The van der Waals surface area contributed by atoms with Crippen molar-refractivity contribution in [3.05, 3.63) is 22.4 Å². The van der Waals surface area contributed by atoms with Gasteiger partial charge in [0.1, 0.15) is 0 Å². The zero-order valence-electron chi connectivity index (χ0n) is 7.77. The Labute approximate surface area is 85.7 Å². The van der Waals surface area contributed by atoms with E-state index in [9.17, 15) is 9.18 Å². The van der Waals surface area contributed by atoms with E-state index < -0.39 is 18.2 Å². The Morgan fingerprint density at radius 2 is 2.50 bits per heavy atom. The third-order valence-corrected chi connectivity index (χ3v) is 2.46. The molecule has 3 nitrogen and oxygen atoms in total. The monoisotopic (exact) mass is 217 g/mol. The van der Waals surface area contributed by atoms with E-state index in [2.05, 4.69) is 4.74 Å². The molecule has 0 fully saturated rings. The maximum absolute atomic E-state index is 13.3. The number of hydrogen-bond donors (Lipinski definition) is 1. The number of carbonyl (C=O) groups excluding carboxylic acids is 1. The molecular weight excluding hydrogens is 205 g/mol. The summed E-state index contributed by atoms with van der Waals surface area (Å²) in [5.74, 6) is -0.897. The molecule has 0 saturated carbocycles. The van der Waals surface area contributed by atoms with Gasteiger partial charge in [0.25, 0.3) is 0 Å². The maximum atomic E-state index is 13.3. The molecule has 2 atom stereocenters. The summed E-state index contributed by atoms with van der Waals surface area (Å²) in [6.45, 7) is 1.79. The number of halogens is 1. The highest BCUT2D eigenvalue weighted by molar-refractivity contribution is 7.07. The Morgan fingerprint density at radius 3 is 3.00 bits per heavy atom. The van der Waals surface area contributed by atoms with Crippen LogP contribution in [-0.4, -0.2) is 18.7 Å². The zero-order valence-corrected chi connectivity index (χ0v) is 8.59. The molecule has 5 heteroatoms. The van der Waals surface area contributed by atoms with E-state index >= 15 is 0 Å². The fourth-order valence-electron chi connectivity index (χ4n) is 1.00. The second kappa shape index (κ2) is 5.07. The summed E-state index contributed by atoms with van der Waals surface area (Å²) < 4.78 is 17.9. The lowest BCUT2D eigenvalue weighted by Crippen LogP contribution is -2.31. The predicted molar refractivity (Wildman–Crippen MR) is 52.8 cm³/mol. The first-order chi connectivity index (χ1) is 6.66. The van der Waals surface area contributed by atoms with Gasteiger partial charge < -0.3 is 10.5 Å². The van der Waals surface area contributed by atoms with Crippen LogP contribution in [0.2, 0.25) is 0 Å². The van der Waals surface area contributed by atoms with Crippen molar-refractivity contribution in [3.63, 3.8) is 0 Å². The largest absolute Gasteiger partial charge is 0.464 e. The number of hydrogen-bond acceptors (Lipinski definition) is 4. The van der Waals surface area contributed by atoms with Gasteiger partial charge in [-0.15, -0.1) is 0 Å². The van der Waals surface area contributed by atoms with Crippen molar-refractivity contribution in [2.75, 3.05) is 6.61 Å². The molecule has 0 bridgehead atoms. The minimum Gasteiger partial charge on any atom is -0.464 e. The number of nitrogens with two attached hydrogens (primary N) is 1. The minimum absolute atomic E-state index is 0.162. The van der Waals surface area contributed by atoms with Gasteiger partial charge in [-0.1, -0.05) is 0 Å². The molecule has 0 saturated heterocycles. The molecule has 1 rings (SSSR count). The van der Waals surface area contributed by atoms with Gasteiger partial charge in [0, 0.05) is 0 Å². The summed E-state index contributed by atoms with van der Waals surface area (Å²) in [6, 6.07) is 0.765. The van der Waals surface area contributed by atoms with Gasteiger partial charge in [-0.25, -0.2) is 9.18 Å². The number of rotatable bonds is 4. The molecule has 0 aliphatic rings. The van der Waals surface area contributed by atoms with Crippen molar-refractivity contribution in [1.29, 1.82) is 0 Å². The lowest BCUT2D eigenvalue weighted by Gasteiger charge is -2.13. The number of esters is 1. The SMILES string of the molecule is CCOC(=O)C(F)[C@@H](N)c1ccsc1. The van der Waals surface area contributed by atoms with E-state index in [0.717, 1.165) is 0 Å². The van der Waals surface area contributed by atoms with Gasteiger partial charge >= 0.3 is 5.97 Å². The van der Waals surface area contributed by atoms with Crippen molar-refractivity contribution in [3.8, 4) is 0 Å². The first-order valence-electron chi connectivity index (χ1n) is 4.25. The Morgan fingerprint density at radius 1 is 1.79 bits per heavy atom. The number of ether oxygens (including phenoxy) is 1. The van der Waals surface area contributed by atoms with Crippen LogP contribution in [0.1, 0.15) is 18.5 Å². The van der Waals surface area contributed by atoms with Crippen molar-refractivity contribution < 1.29 is 13.9 Å². The zero-order chi connectivity index (χ0) is 10.6. The molecule has 14 heavy (non-hydrogen) atoms. The minimum atomic E-state index is -1.79. The van der Waals surface area contributed by atoms with Crippen molar-refractivity contribution in [2.45, 2.75) is 19.1 Å². The Bertz CT molecular complexity index is 289. The Hall–Kier alpha value is -0.940. The molecule has 78 valence electrons. The van der Waals surface area contributed by atoms with Crippen LogP contribution in [0.4, 0.5) is 4.39 Å². The molecule has 0 radical (unpaired) electrons. The van der Waals surface area contributed by atoms with Crippen LogP contribution in [0.15, 0.2) is 16.8 Å². The quantitative estimate of drug-likeness (QED) is 0.780. The van der Waals surface area contributed by atoms with Gasteiger partial charge in [0.2, 0.25) is 6.17 Å². The maximum Gasteiger partial charge on any atom is 0.342 e. The summed E-state index contributed by atoms with van der Waals surface area (Å²) in [4.78, 5) is 11.0. The van der Waals surface area contributed by atoms with Crippen LogP contribution in [0, 0.1) is 0 Å². The fraction of sp³-hybridized carbons (Fsp3) is 0.444. The molecule has 1 aromatic rings. The van der Waals surface area contributed by atoms with Gasteiger partial charge in [0.15, 0.2) is 0 Å². The molecule has 2 N–H and O–H groups in total. The molecule has 1 unspecified atom stereocenters. The second-order valence-corrected chi connectivity index (χ2v) is 3.52. The molecule has 1 aromatic heterocycles. The lowest BCUT2D eigenvalue weighted by molar-refractivity contribution is -0.149. The normalized spacial score (nSPS) is 14.8. The van der Waals surface area contributed by atoms with E-state index in [1.54, 1.807) is 23.8 Å². The standard InChI is InChI=1S/C9H12FNO2S/c1-2-13-9(12)7(10)8(11)6-3-4-14-5-6/h3-5,7-8H,2,11H2,1H3/t7?,8-/m0/s1. The molecular formula is C9H12FNO2S. The van der Waals surface area contributed by atoms with Crippen LogP contribution in [-0.2, 0) is 9.53 Å². The Kier molecular flexibility index (Phi) is 4.03. The van der Waals surface area contributed by atoms with Gasteiger partial charge in [-0.3, -0.25) is 0 Å². The van der Waals surface area contributed by atoms with Crippen molar-refractivity contribution in [2.24, 2.45) is 5.73 Å². The van der Waals surface area contributed by atoms with Crippen LogP contribution >= 0.6 is 11.3 Å². The van der Waals surface area contributed by atoms with Crippen molar-refractivity contribution >= 4 is 17.3 Å². The fourth-order valence-corrected chi connectivity index (χ4v) is 1.71. The average Bonchev–Trinajstić information content (AvgIpc) is 2.68. The smallest absolute Gasteiger partial charge is 0.342 e. The van der Waals surface area contributed by atoms with E-state index in [-0.39, 0.29) is 6.61 Å². The van der Waals surface area contributed by atoms with Crippen LogP contribution in [0.3, 0.4) is 0 Å². The first kappa shape index (κ1) is 11.1. The van der Waals surface area contributed by atoms with E-state index in [1.165, 1.54) is 11.3 Å². The van der Waals surface area contributed by atoms with Crippen LogP contribution < -0.4 is 5.73 Å². The summed E-state index contributed by atoms with van der Waals surface area (Å²) in [7, 11) is 0. The number of alkyl halides is 1. The van der Waals surface area contributed by atoms with Crippen molar-refractivity contribution in [1.82, 2.24) is 0 Å². The van der Waals surface area contributed by atoms with Crippen LogP contribution in [0.25, 0.3) is 0 Å². The van der Waals surface area contributed by atoms with E-state index in [1.807, 2.05) is 0 Å². The van der Waals surface area contributed by atoms with Gasteiger partial charge in [-0.05, 0) is 29.3 Å². The van der Waals surface area contributed by atoms with E-state index in [0.29, 0.717) is 5.56 Å². The molecule has 0 aliphatic carbocycles. The number of carbonyl (C=O) groups is 1. The van der Waals surface area contributed by atoms with Crippen LogP contribution in [0.5, 0.6) is 0 Å². The highest BCUT2D eigenvalue weighted by Gasteiger charge is 2.27. The lowest BCUT2D eigenvalue weighted by atomic mass is 10.1. The Balaban J connectivity index is 2.61. The highest BCUT2D eigenvalue weighted by atomic mass is 32.1. The summed E-state index contributed by atoms with van der Waals surface area (Å²) in [5.41, 5.74) is 6.17. The average molecular weight is 217 g/mol. The molecule has 0 aromatic carbocycles. The molecule has 0 aliphatic heterocycles. The third-order valence-electron chi connectivity index (χ3n) is 1.76. The van der Waals surface area contributed by atoms with Gasteiger partial charge in [0.05, 0.1) is 12.6 Å². The third kappa shape index (κ3) is 2.52.